The van der Waals surface area contributed by atoms with Gasteiger partial charge in [0, 0.05) is 27.8 Å². The molecule has 0 aliphatic heterocycles. The molecule has 1 nitrogen and oxygen atoms in total. The van der Waals surface area contributed by atoms with Crippen LogP contribution in [0.2, 0.25) is 0 Å². The first-order valence-electron chi connectivity index (χ1n) is 16.7. The number of hydrogen-bond acceptors (Lipinski definition) is 0. The summed E-state index contributed by atoms with van der Waals surface area (Å²) in [6.45, 7) is 0. The van der Waals surface area contributed by atoms with Crippen LogP contribution in [0.15, 0.2) is 146 Å². The molecule has 0 N–H and O–H groups in total. The van der Waals surface area contributed by atoms with Gasteiger partial charge in [0.25, 0.3) is 0 Å². The van der Waals surface area contributed by atoms with Crippen molar-refractivity contribution >= 4 is 71.7 Å². The number of aromatic nitrogens is 1. The highest BCUT2D eigenvalue weighted by Crippen LogP contribution is 2.59. The van der Waals surface area contributed by atoms with Crippen LogP contribution in [-0.2, 0) is 6.42 Å². The highest BCUT2D eigenvalue weighted by Gasteiger charge is 2.40. The van der Waals surface area contributed by atoms with E-state index in [-0.39, 0.29) is 0 Å². The highest BCUT2D eigenvalue weighted by molar-refractivity contribution is 6.36. The van der Waals surface area contributed by atoms with E-state index >= 15 is 0 Å². The predicted octanol–water partition coefficient (Wildman–Crippen LogP) is 11.8. The third-order valence-electron chi connectivity index (χ3n) is 10.7. The van der Waals surface area contributed by atoms with E-state index in [1.807, 2.05) is 0 Å². The fourth-order valence-corrected chi connectivity index (χ4v) is 8.72. The Bertz CT molecular complexity index is 2770. The Kier molecular flexibility index (Phi) is 5.01. The lowest BCUT2D eigenvalue weighted by Crippen LogP contribution is -2.04. The maximum Gasteiger partial charge on any atom is 0.0625 e. The Labute approximate surface area is 273 Å². The molecular weight excluding hydrogens is 567 g/mol. The number of fused-ring (bicyclic) bond motifs is 11. The van der Waals surface area contributed by atoms with Crippen LogP contribution in [-0.4, -0.2) is 4.57 Å². The van der Waals surface area contributed by atoms with Crippen molar-refractivity contribution in [1.29, 1.82) is 0 Å². The summed E-state index contributed by atoms with van der Waals surface area (Å²) in [7, 11) is 0. The lowest BCUT2D eigenvalue weighted by atomic mass is 9.89. The molecule has 0 amide bonds. The van der Waals surface area contributed by atoms with Gasteiger partial charge in [0.15, 0.2) is 0 Å². The van der Waals surface area contributed by atoms with Crippen LogP contribution < -0.4 is 0 Å². The Morgan fingerprint density at radius 2 is 0.979 bits per heavy atom. The third-order valence-corrected chi connectivity index (χ3v) is 10.7. The van der Waals surface area contributed by atoms with Crippen molar-refractivity contribution in [1.82, 2.24) is 4.57 Å². The number of aryl methyl sites for hydroxylation is 1. The van der Waals surface area contributed by atoms with E-state index in [0.717, 1.165) is 12.8 Å². The maximum absolute atomic E-state index is 2.60. The molecule has 1 aromatic heterocycles. The predicted molar refractivity (Wildman–Crippen MR) is 199 cm³/mol. The summed E-state index contributed by atoms with van der Waals surface area (Å²) in [6.07, 6.45) is 6.88. The maximum atomic E-state index is 2.60. The first-order chi connectivity index (χ1) is 23.3. The SMILES string of the molecule is C1=Cc2c(c3ccccc3n2C2=C3C(=C(c4cccc5ccccc45)c4cc5ccccc5cc43)c3cc4ccccc4cc32)CC1. The van der Waals surface area contributed by atoms with Crippen LogP contribution in [0, 0.1) is 0 Å². The molecular formula is C46H29N. The molecule has 8 aromatic rings. The largest absolute Gasteiger partial charge is 0.308 e. The average Bonchev–Trinajstić information content (AvgIpc) is 3.74. The molecule has 0 unspecified atom stereocenters. The zero-order chi connectivity index (χ0) is 30.6. The fraction of sp³-hybridized carbons (Fsp3) is 0.0435. The van der Waals surface area contributed by atoms with Crippen molar-refractivity contribution in [2.75, 3.05) is 0 Å². The quantitative estimate of drug-likeness (QED) is 0.187. The summed E-state index contributed by atoms with van der Waals surface area (Å²) in [5.74, 6) is 0. The second kappa shape index (κ2) is 9.31. The van der Waals surface area contributed by atoms with Crippen LogP contribution in [0.5, 0.6) is 0 Å². The molecule has 0 radical (unpaired) electrons. The summed E-state index contributed by atoms with van der Waals surface area (Å²) in [5.41, 5.74) is 16.0. The topological polar surface area (TPSA) is 4.93 Å². The molecule has 0 spiro atoms. The monoisotopic (exact) mass is 595 g/mol. The molecule has 0 atom stereocenters. The second-order valence-corrected chi connectivity index (χ2v) is 13.1. The van der Waals surface area contributed by atoms with Crippen LogP contribution in [0.1, 0.15) is 45.5 Å². The van der Waals surface area contributed by atoms with E-state index in [1.165, 1.54) is 105 Å². The highest BCUT2D eigenvalue weighted by atomic mass is 15.0. The minimum Gasteiger partial charge on any atom is -0.308 e. The van der Waals surface area contributed by atoms with Crippen molar-refractivity contribution in [3.05, 3.63) is 185 Å². The summed E-state index contributed by atoms with van der Waals surface area (Å²) >= 11 is 0. The molecule has 3 aliphatic carbocycles. The fourth-order valence-electron chi connectivity index (χ4n) is 8.72. The lowest BCUT2D eigenvalue weighted by molar-refractivity contribution is 0.974. The zero-order valence-corrected chi connectivity index (χ0v) is 25.8. The van der Waals surface area contributed by atoms with Gasteiger partial charge in [0.2, 0.25) is 0 Å². The number of allylic oxidation sites excluding steroid dienone is 3. The number of para-hydroxylation sites is 1. The number of nitrogens with zero attached hydrogens (tertiary/aromatic N) is 1. The van der Waals surface area contributed by atoms with Crippen molar-refractivity contribution in [3.63, 3.8) is 0 Å². The van der Waals surface area contributed by atoms with Gasteiger partial charge >= 0.3 is 0 Å². The molecule has 0 saturated heterocycles. The molecule has 47 heavy (non-hydrogen) atoms. The van der Waals surface area contributed by atoms with E-state index in [9.17, 15) is 0 Å². The molecule has 218 valence electrons. The van der Waals surface area contributed by atoms with E-state index in [1.54, 1.807) is 0 Å². The molecule has 1 heteroatoms. The molecule has 0 saturated carbocycles. The zero-order valence-electron chi connectivity index (χ0n) is 25.8. The Morgan fingerprint density at radius 1 is 0.426 bits per heavy atom. The van der Waals surface area contributed by atoms with E-state index in [4.69, 9.17) is 0 Å². The first-order valence-corrected chi connectivity index (χ1v) is 16.7. The first kappa shape index (κ1) is 25.3. The molecule has 3 aliphatic rings. The standard InChI is InChI=1S/C46H29N/c1-2-14-30-25-38-37(24-29(30)13-1)43(36-21-11-17-28-12-5-6-18-33(28)36)44-39-26-31-15-3-4-16-32(31)27-40(39)46(45(38)44)47-41-22-9-7-19-34(41)35-20-8-10-23-42(35)47/h1-7,9-19,21-27H,8,20H2. The summed E-state index contributed by atoms with van der Waals surface area (Å²) < 4.78 is 2.60. The van der Waals surface area contributed by atoms with Gasteiger partial charge in [0.1, 0.15) is 0 Å². The van der Waals surface area contributed by atoms with E-state index in [2.05, 4.69) is 156 Å². The van der Waals surface area contributed by atoms with Crippen LogP contribution in [0.4, 0.5) is 0 Å². The summed E-state index contributed by atoms with van der Waals surface area (Å²) in [4.78, 5) is 0. The molecule has 11 rings (SSSR count). The van der Waals surface area contributed by atoms with Gasteiger partial charge in [-0.1, -0.05) is 115 Å². The van der Waals surface area contributed by atoms with Gasteiger partial charge in [-0.2, -0.15) is 0 Å². The van der Waals surface area contributed by atoms with Gasteiger partial charge in [-0.3, -0.25) is 0 Å². The van der Waals surface area contributed by atoms with Crippen molar-refractivity contribution in [2.24, 2.45) is 0 Å². The van der Waals surface area contributed by atoms with E-state index < -0.39 is 0 Å². The summed E-state index contributed by atoms with van der Waals surface area (Å²) in [6, 6.07) is 52.2. The van der Waals surface area contributed by atoms with Crippen LogP contribution >= 0.6 is 0 Å². The van der Waals surface area contributed by atoms with Gasteiger partial charge in [-0.05, 0) is 115 Å². The van der Waals surface area contributed by atoms with Gasteiger partial charge < -0.3 is 4.57 Å². The van der Waals surface area contributed by atoms with Gasteiger partial charge in [-0.15, -0.1) is 0 Å². The second-order valence-electron chi connectivity index (χ2n) is 13.1. The van der Waals surface area contributed by atoms with E-state index in [0.29, 0.717) is 0 Å². The average molecular weight is 596 g/mol. The van der Waals surface area contributed by atoms with Crippen molar-refractivity contribution in [2.45, 2.75) is 12.8 Å². The van der Waals surface area contributed by atoms with Crippen LogP contribution in [0.25, 0.3) is 71.7 Å². The number of hydrogen-bond donors (Lipinski definition) is 0. The Morgan fingerprint density at radius 3 is 1.70 bits per heavy atom. The molecule has 0 bridgehead atoms. The Hall–Kier alpha value is -5.92. The van der Waals surface area contributed by atoms with Crippen LogP contribution in [0.3, 0.4) is 0 Å². The number of benzene rings is 7. The molecule has 7 aromatic carbocycles. The Balaban J connectivity index is 1.38. The van der Waals surface area contributed by atoms with Gasteiger partial charge in [0.05, 0.1) is 11.2 Å². The normalized spacial score (nSPS) is 14.8. The van der Waals surface area contributed by atoms with Crippen molar-refractivity contribution in [3.8, 4) is 0 Å². The molecule has 0 fully saturated rings. The van der Waals surface area contributed by atoms with Gasteiger partial charge in [-0.25, -0.2) is 0 Å². The summed E-state index contributed by atoms with van der Waals surface area (Å²) in [5, 5.41) is 9.03. The lowest BCUT2D eigenvalue weighted by Gasteiger charge is -2.18. The molecule has 1 heterocycles. The smallest absolute Gasteiger partial charge is 0.0625 e. The minimum absolute atomic E-state index is 1.07. The van der Waals surface area contributed by atoms with Crippen molar-refractivity contribution < 1.29 is 0 Å². The minimum atomic E-state index is 1.07. The number of rotatable bonds is 2. The third kappa shape index (κ3) is 3.38.